The molecule has 6 nitrogen and oxygen atoms in total. The van der Waals surface area contributed by atoms with Crippen molar-refractivity contribution in [3.63, 3.8) is 0 Å². The summed E-state index contributed by atoms with van der Waals surface area (Å²) < 4.78 is 18.9. The van der Waals surface area contributed by atoms with Crippen molar-refractivity contribution in [3.8, 4) is 6.07 Å². The maximum Gasteiger partial charge on any atom is 0.338 e. The molecule has 1 aromatic heterocycles. The first-order chi connectivity index (χ1) is 9.11. The Kier molecular flexibility index (Phi) is 5.70. The van der Waals surface area contributed by atoms with Crippen molar-refractivity contribution in [2.45, 2.75) is 6.42 Å². The number of rotatable bonds is 7. The number of carbonyl (C=O) groups is 1. The van der Waals surface area contributed by atoms with Gasteiger partial charge in [-0.05, 0) is 6.07 Å². The van der Waals surface area contributed by atoms with Gasteiger partial charge in [0.2, 0.25) is 0 Å². The normalized spacial score (nSPS) is 9.95. The number of ether oxygens (including phenoxy) is 1. The minimum Gasteiger partial charge on any atom is -0.478 e. The van der Waals surface area contributed by atoms with Crippen molar-refractivity contribution in [1.82, 2.24) is 4.98 Å². The third-order valence-corrected chi connectivity index (χ3v) is 2.46. The van der Waals surface area contributed by atoms with Crippen LogP contribution in [0.15, 0.2) is 12.3 Å². The van der Waals surface area contributed by atoms with Crippen LogP contribution in [0.4, 0.5) is 10.2 Å². The van der Waals surface area contributed by atoms with Crippen LogP contribution in [0.2, 0.25) is 0 Å². The number of anilines is 1. The molecule has 0 bridgehead atoms. The SMILES string of the molecule is COCCN(CCC#N)c1nccc(C(=O)O)c1F. The zero-order valence-electron chi connectivity index (χ0n) is 10.5. The van der Waals surface area contributed by atoms with Crippen molar-refractivity contribution >= 4 is 11.8 Å². The lowest BCUT2D eigenvalue weighted by molar-refractivity contribution is 0.0691. The van der Waals surface area contributed by atoms with Crippen LogP contribution >= 0.6 is 0 Å². The fourth-order valence-electron chi connectivity index (χ4n) is 1.53. The summed E-state index contributed by atoms with van der Waals surface area (Å²) in [4.78, 5) is 16.2. The molecule has 1 N–H and O–H groups in total. The van der Waals surface area contributed by atoms with E-state index in [1.807, 2.05) is 6.07 Å². The van der Waals surface area contributed by atoms with Crippen molar-refractivity contribution in [2.24, 2.45) is 0 Å². The molecule has 0 radical (unpaired) electrons. The number of aromatic carboxylic acids is 1. The number of pyridine rings is 1. The van der Waals surface area contributed by atoms with Crippen molar-refractivity contribution in [1.29, 1.82) is 5.26 Å². The number of aromatic nitrogens is 1. The summed E-state index contributed by atoms with van der Waals surface area (Å²) in [5.41, 5.74) is -0.440. The van der Waals surface area contributed by atoms with Gasteiger partial charge in [0.1, 0.15) is 5.56 Å². The highest BCUT2D eigenvalue weighted by Gasteiger charge is 2.19. The first-order valence-corrected chi connectivity index (χ1v) is 5.60. The molecule has 0 aliphatic carbocycles. The maximum absolute atomic E-state index is 14.0. The lowest BCUT2D eigenvalue weighted by Gasteiger charge is -2.22. The summed E-state index contributed by atoms with van der Waals surface area (Å²) in [5.74, 6) is -2.33. The summed E-state index contributed by atoms with van der Waals surface area (Å²) in [6.07, 6.45) is 1.41. The van der Waals surface area contributed by atoms with E-state index in [0.29, 0.717) is 13.2 Å². The summed E-state index contributed by atoms with van der Waals surface area (Å²) in [5, 5.41) is 17.4. The largest absolute Gasteiger partial charge is 0.478 e. The van der Waals surface area contributed by atoms with Gasteiger partial charge in [0.05, 0.1) is 19.1 Å². The van der Waals surface area contributed by atoms with Crippen LogP contribution in [0.25, 0.3) is 0 Å². The van der Waals surface area contributed by atoms with Gasteiger partial charge in [-0.1, -0.05) is 0 Å². The molecule has 0 fully saturated rings. The number of hydrogen-bond acceptors (Lipinski definition) is 5. The Labute approximate surface area is 110 Å². The van der Waals surface area contributed by atoms with Crippen LogP contribution in [0.1, 0.15) is 16.8 Å². The number of nitriles is 1. The van der Waals surface area contributed by atoms with E-state index in [9.17, 15) is 9.18 Å². The van der Waals surface area contributed by atoms with Crippen molar-refractivity contribution in [3.05, 3.63) is 23.6 Å². The molecule has 7 heteroatoms. The van der Waals surface area contributed by atoms with E-state index >= 15 is 0 Å². The van der Waals surface area contributed by atoms with E-state index in [1.165, 1.54) is 18.2 Å². The number of nitrogens with zero attached hydrogens (tertiary/aromatic N) is 3. The molecule has 0 aliphatic rings. The second-order valence-corrected chi connectivity index (χ2v) is 3.69. The molecule has 1 aromatic rings. The standard InChI is InChI=1S/C12H14FN3O3/c1-19-8-7-16(6-2-4-14)11-10(13)9(12(17)18)3-5-15-11/h3,5H,2,6-8H2,1H3,(H,17,18). The zero-order valence-corrected chi connectivity index (χ0v) is 10.5. The predicted octanol–water partition coefficient (Wildman–Crippen LogP) is 1.29. The number of halogens is 1. The number of carboxylic acid groups (broad SMARTS) is 1. The number of hydrogen-bond donors (Lipinski definition) is 1. The molecule has 0 unspecified atom stereocenters. The summed E-state index contributed by atoms with van der Waals surface area (Å²) in [7, 11) is 1.50. The van der Waals surface area contributed by atoms with Crippen LogP contribution < -0.4 is 4.90 Å². The Hall–Kier alpha value is -2.20. The Morgan fingerprint density at radius 2 is 2.37 bits per heavy atom. The molecular weight excluding hydrogens is 253 g/mol. The molecule has 19 heavy (non-hydrogen) atoms. The van der Waals surface area contributed by atoms with E-state index in [4.69, 9.17) is 15.1 Å². The Morgan fingerprint density at radius 3 is 2.95 bits per heavy atom. The van der Waals surface area contributed by atoms with Gasteiger partial charge in [0, 0.05) is 26.4 Å². The molecule has 0 aromatic carbocycles. The first kappa shape index (κ1) is 14.9. The Morgan fingerprint density at radius 1 is 1.63 bits per heavy atom. The van der Waals surface area contributed by atoms with Gasteiger partial charge in [-0.3, -0.25) is 0 Å². The minimum atomic E-state index is -1.35. The van der Waals surface area contributed by atoms with Crippen molar-refractivity contribution < 1.29 is 19.0 Å². The molecule has 1 rings (SSSR count). The van der Waals surface area contributed by atoms with Gasteiger partial charge in [-0.2, -0.15) is 5.26 Å². The molecule has 1 heterocycles. The third-order valence-electron chi connectivity index (χ3n) is 2.46. The molecule has 0 amide bonds. The summed E-state index contributed by atoms with van der Waals surface area (Å²) in [6.45, 7) is 0.905. The predicted molar refractivity (Wildman–Crippen MR) is 65.5 cm³/mol. The average molecular weight is 267 g/mol. The summed E-state index contributed by atoms with van der Waals surface area (Å²) in [6, 6.07) is 3.05. The van der Waals surface area contributed by atoms with Crippen LogP contribution in [0, 0.1) is 17.1 Å². The zero-order chi connectivity index (χ0) is 14.3. The van der Waals surface area contributed by atoms with Crippen LogP contribution in [-0.4, -0.2) is 42.9 Å². The van der Waals surface area contributed by atoms with E-state index in [1.54, 1.807) is 0 Å². The molecule has 0 saturated carbocycles. The van der Waals surface area contributed by atoms with E-state index in [0.717, 1.165) is 6.07 Å². The van der Waals surface area contributed by atoms with E-state index in [-0.39, 0.29) is 18.8 Å². The molecule has 0 spiro atoms. The van der Waals surface area contributed by atoms with Gasteiger partial charge in [0.15, 0.2) is 11.6 Å². The van der Waals surface area contributed by atoms with Crippen LogP contribution in [0.5, 0.6) is 0 Å². The van der Waals surface area contributed by atoms with Crippen LogP contribution in [0.3, 0.4) is 0 Å². The highest BCUT2D eigenvalue weighted by atomic mass is 19.1. The quantitative estimate of drug-likeness (QED) is 0.801. The molecular formula is C12H14FN3O3. The molecule has 0 aliphatic heterocycles. The fourth-order valence-corrected chi connectivity index (χ4v) is 1.53. The topological polar surface area (TPSA) is 86.5 Å². The Balaban J connectivity index is 3.04. The first-order valence-electron chi connectivity index (χ1n) is 5.60. The van der Waals surface area contributed by atoms with Gasteiger partial charge in [-0.15, -0.1) is 0 Å². The smallest absolute Gasteiger partial charge is 0.338 e. The highest BCUT2D eigenvalue weighted by molar-refractivity contribution is 5.88. The van der Waals surface area contributed by atoms with E-state index in [2.05, 4.69) is 4.98 Å². The maximum atomic E-state index is 14.0. The van der Waals surface area contributed by atoms with Gasteiger partial charge in [0.25, 0.3) is 0 Å². The molecule has 0 saturated heterocycles. The second-order valence-electron chi connectivity index (χ2n) is 3.69. The van der Waals surface area contributed by atoms with Gasteiger partial charge >= 0.3 is 5.97 Å². The molecule has 0 atom stereocenters. The second kappa shape index (κ2) is 7.28. The van der Waals surface area contributed by atoms with E-state index < -0.39 is 17.3 Å². The van der Waals surface area contributed by atoms with Gasteiger partial charge in [-0.25, -0.2) is 14.2 Å². The highest BCUT2D eigenvalue weighted by Crippen LogP contribution is 2.19. The fraction of sp³-hybridized carbons (Fsp3) is 0.417. The number of methoxy groups -OCH3 is 1. The van der Waals surface area contributed by atoms with Gasteiger partial charge < -0.3 is 14.7 Å². The molecule has 102 valence electrons. The minimum absolute atomic E-state index is 0.0767. The lowest BCUT2D eigenvalue weighted by atomic mass is 10.2. The Bertz CT molecular complexity index is 488. The van der Waals surface area contributed by atoms with Crippen LogP contribution in [-0.2, 0) is 4.74 Å². The third kappa shape index (κ3) is 3.89. The average Bonchev–Trinajstić information content (AvgIpc) is 2.39. The summed E-state index contributed by atoms with van der Waals surface area (Å²) >= 11 is 0. The monoisotopic (exact) mass is 267 g/mol. The number of carboxylic acids is 1. The van der Waals surface area contributed by atoms with Crippen molar-refractivity contribution in [2.75, 3.05) is 31.7 Å². The lowest BCUT2D eigenvalue weighted by Crippen LogP contribution is -2.30.